The smallest absolute Gasteiger partial charge is 0.264 e. The van der Waals surface area contributed by atoms with Crippen LogP contribution in [-0.2, 0) is 11.3 Å². The van der Waals surface area contributed by atoms with Gasteiger partial charge in [0.05, 0.1) is 0 Å². The molecule has 0 saturated heterocycles. The fraction of sp³-hybridized carbons (Fsp3) is 0.182. The molecule has 2 heterocycles. The predicted molar refractivity (Wildman–Crippen MR) is 127 cm³/mol. The van der Waals surface area contributed by atoms with Crippen molar-refractivity contribution in [2.24, 2.45) is 0 Å². The molecule has 1 amide bonds. The first-order valence-corrected chi connectivity index (χ1v) is 11.3. The second-order valence-corrected chi connectivity index (χ2v) is 8.38. The van der Waals surface area contributed by atoms with Crippen LogP contribution in [-0.4, -0.2) is 32.1 Å². The Kier molecular flexibility index (Phi) is 6.20. The van der Waals surface area contributed by atoms with Crippen LogP contribution in [0.2, 0.25) is 5.02 Å². The number of aromatic nitrogens is 4. The fourth-order valence-electron chi connectivity index (χ4n) is 3.17. The molecule has 2 aromatic heterocycles. The van der Waals surface area contributed by atoms with Gasteiger partial charge in [0.15, 0.2) is 0 Å². The Hall–Kier alpha value is -3.30. The first-order valence-electron chi connectivity index (χ1n) is 9.73. The van der Waals surface area contributed by atoms with Crippen molar-refractivity contribution in [3.63, 3.8) is 0 Å². The molecule has 0 radical (unpaired) electrons. The Morgan fingerprint density at radius 2 is 1.97 bits per heavy atom. The highest BCUT2D eigenvalue weighted by atomic mass is 35.5. The number of nitrogens with zero attached hydrogens (tertiary/aromatic N) is 4. The van der Waals surface area contributed by atoms with E-state index in [1.807, 2.05) is 38.3 Å². The highest BCUT2D eigenvalue weighted by Gasteiger charge is 2.24. The van der Waals surface area contributed by atoms with E-state index in [0.29, 0.717) is 21.4 Å². The summed E-state index contributed by atoms with van der Waals surface area (Å²) < 4.78 is 6.90. The van der Waals surface area contributed by atoms with Gasteiger partial charge in [0, 0.05) is 16.3 Å². The summed E-state index contributed by atoms with van der Waals surface area (Å²) in [4.78, 5) is 17.1. The number of thioether (sulfide) groups is 1. The van der Waals surface area contributed by atoms with Crippen LogP contribution in [0.4, 0.5) is 11.5 Å². The van der Waals surface area contributed by atoms with Crippen molar-refractivity contribution in [3.05, 3.63) is 58.6 Å². The van der Waals surface area contributed by atoms with E-state index < -0.39 is 0 Å². The lowest BCUT2D eigenvalue weighted by molar-refractivity contribution is -0.116. The van der Waals surface area contributed by atoms with Gasteiger partial charge in [-0.05, 0) is 61.6 Å². The minimum atomic E-state index is -0.237. The number of hydrogen-bond acceptors (Lipinski definition) is 7. The molecule has 2 aromatic carbocycles. The molecule has 0 unspecified atom stereocenters. The van der Waals surface area contributed by atoms with Crippen molar-refractivity contribution in [2.75, 3.05) is 17.3 Å². The van der Waals surface area contributed by atoms with Crippen molar-refractivity contribution < 1.29 is 9.32 Å². The Balaban J connectivity index is 1.59. The van der Waals surface area contributed by atoms with E-state index in [4.69, 9.17) is 21.9 Å². The quantitative estimate of drug-likeness (QED) is 0.390. The standard InChI is InChI=1S/C22H21ClN6O2S/c1-12-5-4-6-16(13(12)2)25-17(30)11-29-19(24)18(22(27-29)32-3)21-26-20(28-31-21)14-7-9-15(23)10-8-14/h4-10H,11,24H2,1-3H3,(H,25,30). The molecule has 0 saturated carbocycles. The minimum absolute atomic E-state index is 0.0506. The number of hydrogen-bond donors (Lipinski definition) is 2. The Labute approximate surface area is 194 Å². The summed E-state index contributed by atoms with van der Waals surface area (Å²) in [5, 5.41) is 12.6. The van der Waals surface area contributed by atoms with Crippen molar-refractivity contribution in [1.29, 1.82) is 0 Å². The normalized spacial score (nSPS) is 11.0. The molecule has 0 aliphatic heterocycles. The number of aryl methyl sites for hydroxylation is 1. The van der Waals surface area contributed by atoms with Crippen LogP contribution in [0.1, 0.15) is 11.1 Å². The molecule has 10 heteroatoms. The Morgan fingerprint density at radius 3 is 2.69 bits per heavy atom. The maximum absolute atomic E-state index is 12.7. The van der Waals surface area contributed by atoms with Gasteiger partial charge in [-0.3, -0.25) is 4.79 Å². The van der Waals surface area contributed by atoms with Gasteiger partial charge >= 0.3 is 0 Å². The number of amides is 1. The van der Waals surface area contributed by atoms with E-state index in [2.05, 4.69) is 20.6 Å². The van der Waals surface area contributed by atoms with E-state index in [1.165, 1.54) is 16.4 Å². The first kappa shape index (κ1) is 21.9. The molecule has 0 bridgehead atoms. The summed E-state index contributed by atoms with van der Waals surface area (Å²) in [6, 6.07) is 12.9. The summed E-state index contributed by atoms with van der Waals surface area (Å²) in [7, 11) is 0. The minimum Gasteiger partial charge on any atom is -0.383 e. The van der Waals surface area contributed by atoms with Crippen LogP contribution >= 0.6 is 23.4 Å². The Morgan fingerprint density at radius 1 is 1.22 bits per heavy atom. The van der Waals surface area contributed by atoms with Crippen molar-refractivity contribution in [2.45, 2.75) is 25.4 Å². The molecule has 0 fully saturated rings. The predicted octanol–water partition coefficient (Wildman–Crippen LogP) is 4.81. The van der Waals surface area contributed by atoms with Crippen molar-refractivity contribution in [3.8, 4) is 22.8 Å². The number of carbonyl (C=O) groups is 1. The maximum Gasteiger partial charge on any atom is 0.264 e. The number of benzene rings is 2. The van der Waals surface area contributed by atoms with Crippen LogP contribution in [0.15, 0.2) is 52.0 Å². The second kappa shape index (κ2) is 9.05. The van der Waals surface area contributed by atoms with E-state index in [0.717, 1.165) is 22.4 Å². The first-order chi connectivity index (χ1) is 15.4. The van der Waals surface area contributed by atoms with Gasteiger partial charge in [-0.15, -0.1) is 11.8 Å². The molecule has 4 rings (SSSR count). The summed E-state index contributed by atoms with van der Waals surface area (Å²) in [6.45, 7) is 3.91. The summed E-state index contributed by atoms with van der Waals surface area (Å²) in [5.41, 5.74) is 10.5. The molecule has 4 aromatic rings. The third-order valence-corrected chi connectivity index (χ3v) is 5.99. The molecule has 0 aliphatic rings. The number of anilines is 2. The number of carbonyl (C=O) groups excluding carboxylic acids is 1. The zero-order valence-electron chi connectivity index (χ0n) is 17.7. The summed E-state index contributed by atoms with van der Waals surface area (Å²) in [6.07, 6.45) is 1.86. The van der Waals surface area contributed by atoms with Gasteiger partial charge in [0.1, 0.15) is 23.0 Å². The topological polar surface area (TPSA) is 112 Å². The second-order valence-electron chi connectivity index (χ2n) is 7.15. The van der Waals surface area contributed by atoms with E-state index in [-0.39, 0.29) is 24.2 Å². The number of nitrogen functional groups attached to an aromatic ring is 1. The van der Waals surface area contributed by atoms with Gasteiger partial charge < -0.3 is 15.6 Å². The SMILES string of the molecule is CSc1nn(CC(=O)Nc2cccc(C)c2C)c(N)c1-c1nc(-c2ccc(Cl)cc2)no1. The molecule has 0 spiro atoms. The molecule has 3 N–H and O–H groups in total. The van der Waals surface area contributed by atoms with Crippen LogP contribution in [0.25, 0.3) is 22.8 Å². The lowest BCUT2D eigenvalue weighted by Crippen LogP contribution is -2.21. The zero-order chi connectivity index (χ0) is 22.8. The van der Waals surface area contributed by atoms with Crippen molar-refractivity contribution in [1.82, 2.24) is 19.9 Å². The number of nitrogens with one attached hydrogen (secondary N) is 1. The largest absolute Gasteiger partial charge is 0.383 e. The van der Waals surface area contributed by atoms with Crippen LogP contribution in [0.5, 0.6) is 0 Å². The van der Waals surface area contributed by atoms with Gasteiger partial charge in [-0.25, -0.2) is 4.68 Å². The van der Waals surface area contributed by atoms with Gasteiger partial charge in [0.2, 0.25) is 11.7 Å². The number of nitrogens with two attached hydrogens (primary N) is 1. The van der Waals surface area contributed by atoms with Crippen LogP contribution in [0.3, 0.4) is 0 Å². The average molecular weight is 469 g/mol. The highest BCUT2D eigenvalue weighted by molar-refractivity contribution is 7.98. The average Bonchev–Trinajstić information content (AvgIpc) is 3.36. The van der Waals surface area contributed by atoms with Gasteiger partial charge in [-0.2, -0.15) is 10.1 Å². The van der Waals surface area contributed by atoms with E-state index in [9.17, 15) is 4.79 Å². The lowest BCUT2D eigenvalue weighted by Gasteiger charge is -2.11. The van der Waals surface area contributed by atoms with Crippen molar-refractivity contribution >= 4 is 40.8 Å². The Bertz CT molecular complexity index is 1280. The van der Waals surface area contributed by atoms with Gasteiger partial charge in [-0.1, -0.05) is 28.9 Å². The summed E-state index contributed by atoms with van der Waals surface area (Å²) >= 11 is 7.32. The summed E-state index contributed by atoms with van der Waals surface area (Å²) in [5.74, 6) is 0.678. The maximum atomic E-state index is 12.7. The molecule has 0 aliphatic carbocycles. The molecule has 32 heavy (non-hydrogen) atoms. The molecule has 0 atom stereocenters. The molecular formula is C22H21ClN6O2S. The lowest BCUT2D eigenvalue weighted by atomic mass is 10.1. The monoisotopic (exact) mass is 468 g/mol. The third-order valence-electron chi connectivity index (χ3n) is 5.07. The third kappa shape index (κ3) is 4.35. The van der Waals surface area contributed by atoms with E-state index >= 15 is 0 Å². The molecule has 8 nitrogen and oxygen atoms in total. The van der Waals surface area contributed by atoms with Gasteiger partial charge in [0.25, 0.3) is 5.89 Å². The van der Waals surface area contributed by atoms with Crippen LogP contribution < -0.4 is 11.1 Å². The van der Waals surface area contributed by atoms with Crippen LogP contribution in [0, 0.1) is 13.8 Å². The zero-order valence-corrected chi connectivity index (χ0v) is 19.3. The number of halogens is 1. The van der Waals surface area contributed by atoms with E-state index in [1.54, 1.807) is 24.3 Å². The highest BCUT2D eigenvalue weighted by Crippen LogP contribution is 2.35. The molecule has 164 valence electrons. The fourth-order valence-corrected chi connectivity index (χ4v) is 3.87. The molecular weight excluding hydrogens is 448 g/mol. The number of rotatable bonds is 6.